The molecule has 0 atom stereocenters. The Labute approximate surface area is 176 Å². The molecule has 3 aromatic rings. The van der Waals surface area contributed by atoms with Gasteiger partial charge in [0.1, 0.15) is 12.4 Å². The topological polar surface area (TPSA) is 67.2 Å². The van der Waals surface area contributed by atoms with E-state index >= 15 is 0 Å². The van der Waals surface area contributed by atoms with E-state index in [4.69, 9.17) is 0 Å². The molecule has 0 spiro atoms. The van der Waals surface area contributed by atoms with E-state index in [0.717, 1.165) is 28.8 Å². The van der Waals surface area contributed by atoms with Gasteiger partial charge in [-0.1, -0.05) is 55.5 Å². The Bertz CT molecular complexity index is 1070. The molecule has 1 aliphatic rings. The van der Waals surface area contributed by atoms with Gasteiger partial charge in [-0.05, 0) is 30.0 Å². The highest BCUT2D eigenvalue weighted by Gasteiger charge is 2.28. The van der Waals surface area contributed by atoms with Gasteiger partial charge in [-0.25, -0.2) is 4.68 Å². The van der Waals surface area contributed by atoms with E-state index in [1.54, 1.807) is 0 Å². The average molecular weight is 402 g/mol. The number of aryl methyl sites for hydroxylation is 3. The molecule has 0 aliphatic carbocycles. The highest BCUT2D eigenvalue weighted by molar-refractivity contribution is 5.99. The number of anilines is 1. The minimum Gasteiger partial charge on any atom is -0.350 e. The maximum atomic E-state index is 12.6. The third-order valence-electron chi connectivity index (χ3n) is 5.52. The highest BCUT2D eigenvalue weighted by Crippen LogP contribution is 2.29. The fraction of sp³-hybridized carbons (Fsp3) is 0.292. The van der Waals surface area contributed by atoms with E-state index in [-0.39, 0.29) is 18.4 Å². The van der Waals surface area contributed by atoms with Crippen molar-refractivity contribution in [3.8, 4) is 11.3 Å². The van der Waals surface area contributed by atoms with Gasteiger partial charge in [0.05, 0.1) is 12.2 Å². The lowest BCUT2D eigenvalue weighted by Crippen LogP contribution is -2.44. The number of carbonyl (C=O) groups excluding carboxylic acids is 2. The van der Waals surface area contributed by atoms with Crippen LogP contribution in [0.4, 0.5) is 5.82 Å². The molecule has 2 amide bonds. The van der Waals surface area contributed by atoms with E-state index in [1.807, 2.05) is 54.1 Å². The van der Waals surface area contributed by atoms with Crippen molar-refractivity contribution in [1.29, 1.82) is 0 Å². The fourth-order valence-electron chi connectivity index (χ4n) is 3.71. The quantitative estimate of drug-likeness (QED) is 0.686. The molecule has 6 heteroatoms. The van der Waals surface area contributed by atoms with Crippen molar-refractivity contribution in [3.05, 3.63) is 71.3 Å². The number of amides is 2. The van der Waals surface area contributed by atoms with Crippen LogP contribution in [-0.2, 0) is 29.1 Å². The lowest BCUT2D eigenvalue weighted by atomic mass is 10.1. The first-order chi connectivity index (χ1) is 14.5. The van der Waals surface area contributed by atoms with Crippen LogP contribution in [0.15, 0.2) is 54.6 Å². The van der Waals surface area contributed by atoms with Crippen LogP contribution in [0.5, 0.6) is 0 Å². The normalized spacial score (nSPS) is 13.3. The minimum absolute atomic E-state index is 0.00914. The molecule has 2 heterocycles. The minimum atomic E-state index is -0.185. The van der Waals surface area contributed by atoms with Crippen LogP contribution in [0, 0.1) is 6.92 Å². The molecule has 2 aromatic carbocycles. The average Bonchev–Trinajstić information content (AvgIpc) is 3.19. The second kappa shape index (κ2) is 8.53. The van der Waals surface area contributed by atoms with Crippen molar-refractivity contribution in [1.82, 2.24) is 15.1 Å². The van der Waals surface area contributed by atoms with Gasteiger partial charge in [0.25, 0.3) is 0 Å². The van der Waals surface area contributed by atoms with Crippen molar-refractivity contribution < 1.29 is 9.59 Å². The molecule has 0 radical (unpaired) electrons. The largest absolute Gasteiger partial charge is 0.350 e. The lowest BCUT2D eigenvalue weighted by molar-refractivity contribution is -0.124. The molecular weight excluding hydrogens is 376 g/mol. The zero-order chi connectivity index (χ0) is 21.1. The Morgan fingerprint density at radius 3 is 2.57 bits per heavy atom. The molecule has 1 aliphatic heterocycles. The Morgan fingerprint density at radius 2 is 1.83 bits per heavy atom. The zero-order valence-corrected chi connectivity index (χ0v) is 17.4. The first-order valence-corrected chi connectivity index (χ1v) is 10.3. The number of carbonyl (C=O) groups is 2. The maximum Gasteiger partial charge on any atom is 0.240 e. The summed E-state index contributed by atoms with van der Waals surface area (Å²) < 4.78 is 1.82. The van der Waals surface area contributed by atoms with Gasteiger partial charge >= 0.3 is 0 Å². The molecule has 1 aromatic heterocycles. The van der Waals surface area contributed by atoms with Gasteiger partial charge in [0.15, 0.2) is 0 Å². The van der Waals surface area contributed by atoms with Gasteiger partial charge in [-0.15, -0.1) is 0 Å². The molecule has 0 fully saturated rings. The number of nitrogens with zero attached hydrogens (tertiary/aromatic N) is 3. The number of nitrogens with one attached hydrogen (secondary N) is 1. The number of hydrogen-bond acceptors (Lipinski definition) is 3. The van der Waals surface area contributed by atoms with Gasteiger partial charge in [0, 0.05) is 24.6 Å². The molecule has 30 heavy (non-hydrogen) atoms. The molecule has 1 N–H and O–H groups in total. The second-order valence-corrected chi connectivity index (χ2v) is 7.60. The number of rotatable bonds is 6. The molecule has 4 rings (SSSR count). The van der Waals surface area contributed by atoms with Crippen LogP contribution in [0.25, 0.3) is 11.3 Å². The summed E-state index contributed by atoms with van der Waals surface area (Å²) in [6.07, 6.45) is 1.33. The number of benzene rings is 2. The molecule has 6 nitrogen and oxygen atoms in total. The summed E-state index contributed by atoms with van der Waals surface area (Å²) in [7, 11) is 0. The van der Waals surface area contributed by atoms with Gasteiger partial charge in [-0.2, -0.15) is 5.10 Å². The Hall–Kier alpha value is -3.41. The molecule has 0 saturated carbocycles. The highest BCUT2D eigenvalue weighted by atomic mass is 16.2. The number of aromatic nitrogens is 2. The van der Waals surface area contributed by atoms with Crippen molar-refractivity contribution in [2.24, 2.45) is 0 Å². The number of fused-ring (bicyclic) bond motifs is 1. The molecule has 0 unspecified atom stereocenters. The Balaban J connectivity index is 1.47. The number of hydrogen-bond donors (Lipinski definition) is 1. The second-order valence-electron chi connectivity index (χ2n) is 7.60. The summed E-state index contributed by atoms with van der Waals surface area (Å²) in [5, 5.41) is 7.59. The summed E-state index contributed by atoms with van der Waals surface area (Å²) >= 11 is 0. The smallest absolute Gasteiger partial charge is 0.240 e. The monoisotopic (exact) mass is 402 g/mol. The summed E-state index contributed by atoms with van der Waals surface area (Å²) in [5.41, 5.74) is 5.28. The van der Waals surface area contributed by atoms with E-state index in [1.165, 1.54) is 10.5 Å². The van der Waals surface area contributed by atoms with Crippen LogP contribution < -0.4 is 10.2 Å². The van der Waals surface area contributed by atoms with Crippen LogP contribution in [0.1, 0.15) is 30.0 Å². The van der Waals surface area contributed by atoms with Crippen molar-refractivity contribution in [2.45, 2.75) is 39.8 Å². The Kier molecular flexibility index (Phi) is 5.65. The summed E-state index contributed by atoms with van der Waals surface area (Å²) in [5.74, 6) is 0.433. The lowest BCUT2D eigenvalue weighted by Gasteiger charge is -2.26. The van der Waals surface area contributed by atoms with Crippen molar-refractivity contribution in [3.63, 3.8) is 0 Å². The van der Waals surface area contributed by atoms with Crippen LogP contribution >= 0.6 is 0 Å². The summed E-state index contributed by atoms with van der Waals surface area (Å²) in [4.78, 5) is 26.6. The van der Waals surface area contributed by atoms with E-state index in [0.29, 0.717) is 25.3 Å². The summed E-state index contributed by atoms with van der Waals surface area (Å²) in [6, 6.07) is 18.1. The maximum absolute atomic E-state index is 12.6. The first-order valence-electron chi connectivity index (χ1n) is 10.3. The molecule has 154 valence electrons. The first kappa shape index (κ1) is 19.9. The zero-order valence-electron chi connectivity index (χ0n) is 17.4. The van der Waals surface area contributed by atoms with E-state index < -0.39 is 0 Å². The van der Waals surface area contributed by atoms with E-state index in [9.17, 15) is 9.59 Å². The standard InChI is InChI=1S/C24H26N4O2/c1-3-18-8-10-19(11-9-18)15-25-22(29)16-27-23-14-21(20-7-5-4-6-17(20)2)26-28(23)13-12-24(27)30/h4-11,14H,3,12-13,15-16H2,1-2H3,(H,25,29). The SMILES string of the molecule is CCc1ccc(CNC(=O)CN2C(=O)CCn3nc(-c4ccccc4C)cc32)cc1. The van der Waals surface area contributed by atoms with Crippen molar-refractivity contribution in [2.75, 3.05) is 11.4 Å². The van der Waals surface area contributed by atoms with Crippen molar-refractivity contribution >= 4 is 17.6 Å². The fourth-order valence-corrected chi connectivity index (χ4v) is 3.71. The van der Waals surface area contributed by atoms with Crippen LogP contribution in [0.3, 0.4) is 0 Å². The summed E-state index contributed by atoms with van der Waals surface area (Å²) in [6.45, 7) is 5.12. The van der Waals surface area contributed by atoms with Gasteiger partial charge < -0.3 is 5.32 Å². The molecule has 0 bridgehead atoms. The predicted octanol–water partition coefficient (Wildman–Crippen LogP) is 3.47. The van der Waals surface area contributed by atoms with Crippen LogP contribution in [-0.4, -0.2) is 28.1 Å². The molecular formula is C24H26N4O2. The third-order valence-corrected chi connectivity index (χ3v) is 5.52. The van der Waals surface area contributed by atoms with Gasteiger partial charge in [0.2, 0.25) is 11.8 Å². The predicted molar refractivity (Wildman–Crippen MR) is 117 cm³/mol. The Morgan fingerprint density at radius 1 is 1.10 bits per heavy atom. The van der Waals surface area contributed by atoms with E-state index in [2.05, 4.69) is 29.5 Å². The van der Waals surface area contributed by atoms with Crippen LogP contribution in [0.2, 0.25) is 0 Å². The van der Waals surface area contributed by atoms with Gasteiger partial charge in [-0.3, -0.25) is 14.5 Å². The molecule has 0 saturated heterocycles. The third kappa shape index (κ3) is 4.13.